The van der Waals surface area contributed by atoms with Gasteiger partial charge in [0.15, 0.2) is 0 Å². The molecule has 4 nitrogen and oxygen atoms in total. The Morgan fingerprint density at radius 3 is 2.82 bits per heavy atom. The highest BCUT2D eigenvalue weighted by atomic mass is 32.1. The van der Waals surface area contributed by atoms with Crippen molar-refractivity contribution in [3.63, 3.8) is 0 Å². The summed E-state index contributed by atoms with van der Waals surface area (Å²) in [6, 6.07) is 5.53. The van der Waals surface area contributed by atoms with Gasteiger partial charge < -0.3 is 10.2 Å². The van der Waals surface area contributed by atoms with Crippen molar-refractivity contribution in [1.82, 2.24) is 10.0 Å². The Hall–Kier alpha value is -1.36. The predicted molar refractivity (Wildman–Crippen MR) is 67.3 cm³/mol. The highest BCUT2D eigenvalue weighted by molar-refractivity contribution is 7.71. The standard InChI is InChI=1S/C12H16N2O2S/c15-12(13-10-6-2-1-3-7-10)16-14-9-5-4-8-11(14)17/h4-5,8-10H,1-3,6-7H2,(H,13,15). The average Bonchev–Trinajstić information content (AvgIpc) is 2.33. The Morgan fingerprint density at radius 2 is 2.12 bits per heavy atom. The van der Waals surface area contributed by atoms with Gasteiger partial charge in [0, 0.05) is 12.2 Å². The summed E-state index contributed by atoms with van der Waals surface area (Å²) < 4.78 is 1.78. The third kappa shape index (κ3) is 3.56. The van der Waals surface area contributed by atoms with E-state index in [0.717, 1.165) is 12.8 Å². The Morgan fingerprint density at radius 1 is 1.35 bits per heavy atom. The molecule has 0 aromatic carbocycles. The zero-order valence-corrected chi connectivity index (χ0v) is 10.4. The molecule has 1 aliphatic rings. The molecule has 1 N–H and O–H groups in total. The van der Waals surface area contributed by atoms with Gasteiger partial charge in [-0.1, -0.05) is 37.5 Å². The predicted octanol–water partition coefficient (Wildman–Crippen LogP) is 2.69. The minimum atomic E-state index is -0.431. The monoisotopic (exact) mass is 252 g/mol. The van der Waals surface area contributed by atoms with Gasteiger partial charge in [0.05, 0.1) is 0 Å². The van der Waals surface area contributed by atoms with Crippen LogP contribution in [-0.4, -0.2) is 16.9 Å². The molecule has 1 heterocycles. The quantitative estimate of drug-likeness (QED) is 0.823. The highest BCUT2D eigenvalue weighted by Gasteiger charge is 2.16. The van der Waals surface area contributed by atoms with E-state index in [-0.39, 0.29) is 6.04 Å². The topological polar surface area (TPSA) is 43.3 Å². The van der Waals surface area contributed by atoms with E-state index in [0.29, 0.717) is 4.64 Å². The van der Waals surface area contributed by atoms with Crippen LogP contribution in [0.25, 0.3) is 0 Å². The van der Waals surface area contributed by atoms with E-state index >= 15 is 0 Å². The van der Waals surface area contributed by atoms with Crippen molar-refractivity contribution in [2.24, 2.45) is 0 Å². The van der Waals surface area contributed by atoms with E-state index in [4.69, 9.17) is 17.1 Å². The fourth-order valence-corrected chi connectivity index (χ4v) is 2.19. The number of carbonyl (C=O) groups excluding carboxylic acids is 1. The van der Waals surface area contributed by atoms with Gasteiger partial charge in [0.2, 0.25) is 0 Å². The van der Waals surface area contributed by atoms with Crippen molar-refractivity contribution in [3.05, 3.63) is 29.0 Å². The molecule has 0 radical (unpaired) electrons. The fourth-order valence-electron chi connectivity index (χ4n) is 2.02. The number of hydrogen-bond acceptors (Lipinski definition) is 3. The van der Waals surface area contributed by atoms with E-state index in [2.05, 4.69) is 5.32 Å². The van der Waals surface area contributed by atoms with Crippen LogP contribution in [0.1, 0.15) is 32.1 Å². The summed E-state index contributed by atoms with van der Waals surface area (Å²) in [5, 5.41) is 2.87. The number of amides is 1. The summed E-state index contributed by atoms with van der Waals surface area (Å²) in [5.41, 5.74) is 0. The van der Waals surface area contributed by atoms with Crippen molar-refractivity contribution in [2.75, 3.05) is 0 Å². The Kier molecular flexibility index (Phi) is 4.14. The Labute approximate surface area is 106 Å². The maximum atomic E-state index is 11.6. The molecule has 0 bridgehead atoms. The number of nitrogens with zero attached hydrogens (tertiary/aromatic N) is 1. The van der Waals surface area contributed by atoms with Crippen LogP contribution in [0.15, 0.2) is 24.4 Å². The molecule has 1 aliphatic carbocycles. The summed E-state index contributed by atoms with van der Waals surface area (Å²) in [6.07, 6.45) is 6.88. The molecular formula is C12H16N2O2S. The van der Waals surface area contributed by atoms with Crippen LogP contribution >= 0.6 is 12.2 Å². The molecule has 2 rings (SSSR count). The lowest BCUT2D eigenvalue weighted by atomic mass is 9.96. The van der Waals surface area contributed by atoms with Crippen LogP contribution in [0.2, 0.25) is 0 Å². The first-order chi connectivity index (χ1) is 8.25. The van der Waals surface area contributed by atoms with Crippen molar-refractivity contribution in [2.45, 2.75) is 38.1 Å². The molecule has 0 spiro atoms. The third-order valence-electron chi connectivity index (χ3n) is 2.90. The molecule has 1 amide bonds. The van der Waals surface area contributed by atoms with E-state index in [1.54, 1.807) is 24.4 Å². The van der Waals surface area contributed by atoms with Gasteiger partial charge in [-0.25, -0.2) is 4.79 Å². The van der Waals surface area contributed by atoms with Crippen LogP contribution in [0.3, 0.4) is 0 Å². The highest BCUT2D eigenvalue weighted by Crippen LogP contribution is 2.17. The smallest absolute Gasteiger partial charge is 0.317 e. The first-order valence-corrected chi connectivity index (χ1v) is 6.33. The number of pyridine rings is 1. The molecule has 92 valence electrons. The molecule has 1 aromatic heterocycles. The van der Waals surface area contributed by atoms with E-state index in [9.17, 15) is 4.79 Å². The second-order valence-electron chi connectivity index (χ2n) is 4.22. The number of carbonyl (C=O) groups is 1. The second kappa shape index (κ2) is 5.82. The molecule has 1 fully saturated rings. The van der Waals surface area contributed by atoms with Crippen LogP contribution < -0.4 is 10.2 Å². The Balaban J connectivity index is 1.89. The zero-order valence-electron chi connectivity index (χ0n) is 9.59. The molecule has 1 saturated carbocycles. The molecule has 1 aromatic rings. The minimum absolute atomic E-state index is 0.245. The van der Waals surface area contributed by atoms with Crippen LogP contribution in [0.4, 0.5) is 4.79 Å². The van der Waals surface area contributed by atoms with Crippen LogP contribution in [0, 0.1) is 4.64 Å². The number of rotatable bonds is 2. The lowest BCUT2D eigenvalue weighted by molar-refractivity contribution is 0.124. The van der Waals surface area contributed by atoms with Gasteiger partial charge >= 0.3 is 6.09 Å². The maximum absolute atomic E-state index is 11.6. The van der Waals surface area contributed by atoms with Gasteiger partial charge in [0.25, 0.3) is 0 Å². The summed E-state index contributed by atoms with van der Waals surface area (Å²) in [6.45, 7) is 0. The number of hydrogen-bond donors (Lipinski definition) is 1. The molecule has 0 aliphatic heterocycles. The largest absolute Gasteiger partial charge is 0.432 e. The maximum Gasteiger partial charge on any atom is 0.432 e. The van der Waals surface area contributed by atoms with Crippen LogP contribution in [0.5, 0.6) is 0 Å². The van der Waals surface area contributed by atoms with Crippen molar-refractivity contribution < 1.29 is 9.63 Å². The van der Waals surface area contributed by atoms with E-state index in [1.165, 1.54) is 24.0 Å². The normalized spacial score (nSPS) is 16.5. The third-order valence-corrected chi connectivity index (χ3v) is 3.21. The number of nitrogens with one attached hydrogen (secondary N) is 1. The summed E-state index contributed by atoms with van der Waals surface area (Å²) in [4.78, 5) is 16.7. The van der Waals surface area contributed by atoms with E-state index < -0.39 is 6.09 Å². The van der Waals surface area contributed by atoms with Crippen molar-refractivity contribution in [1.29, 1.82) is 0 Å². The SMILES string of the molecule is O=C(NC1CCCCC1)On1ccccc1=S. The molecule has 0 saturated heterocycles. The second-order valence-corrected chi connectivity index (χ2v) is 4.64. The lowest BCUT2D eigenvalue weighted by Crippen LogP contribution is -2.40. The zero-order chi connectivity index (χ0) is 12.1. The summed E-state index contributed by atoms with van der Waals surface area (Å²) in [7, 11) is 0. The summed E-state index contributed by atoms with van der Waals surface area (Å²) >= 11 is 5.03. The molecule has 5 heteroatoms. The van der Waals surface area contributed by atoms with Crippen molar-refractivity contribution in [3.8, 4) is 0 Å². The average molecular weight is 252 g/mol. The molecule has 17 heavy (non-hydrogen) atoms. The first kappa shape index (κ1) is 12.1. The van der Waals surface area contributed by atoms with Crippen molar-refractivity contribution >= 4 is 18.3 Å². The van der Waals surface area contributed by atoms with Crippen LogP contribution in [-0.2, 0) is 0 Å². The molecule has 0 atom stereocenters. The minimum Gasteiger partial charge on any atom is -0.317 e. The lowest BCUT2D eigenvalue weighted by Gasteiger charge is -2.22. The molecule has 0 unspecified atom stereocenters. The number of aromatic nitrogens is 1. The van der Waals surface area contributed by atoms with Gasteiger partial charge in [-0.3, -0.25) is 0 Å². The van der Waals surface area contributed by atoms with Gasteiger partial charge in [-0.05, 0) is 25.0 Å². The van der Waals surface area contributed by atoms with Gasteiger partial charge in [-0.15, -0.1) is 0 Å². The van der Waals surface area contributed by atoms with Gasteiger partial charge in [-0.2, -0.15) is 4.73 Å². The van der Waals surface area contributed by atoms with Gasteiger partial charge in [0.1, 0.15) is 4.64 Å². The Bertz CT molecular complexity index is 438. The summed E-state index contributed by atoms with van der Waals surface area (Å²) in [5.74, 6) is 0. The molecular weight excluding hydrogens is 236 g/mol. The first-order valence-electron chi connectivity index (χ1n) is 5.92. The fraction of sp³-hybridized carbons (Fsp3) is 0.500. The van der Waals surface area contributed by atoms with E-state index in [1.807, 2.05) is 0 Å².